The molecule has 162 valence electrons. The molecule has 0 spiro atoms. The Hall–Kier alpha value is -4.78. The van der Waals surface area contributed by atoms with Gasteiger partial charge in [0.05, 0.1) is 10.5 Å². The van der Waals surface area contributed by atoms with E-state index in [1.54, 1.807) is 78.9 Å². The van der Waals surface area contributed by atoms with Gasteiger partial charge in [-0.1, -0.05) is 42.5 Å². The van der Waals surface area contributed by atoms with Crippen LogP contribution in [0.2, 0.25) is 0 Å². The zero-order valence-corrected chi connectivity index (χ0v) is 17.3. The standard InChI is InChI=1S/C26H18N2O5/c29-24(19-9-6-10-20(17-19)27-26(30)18-7-2-1-3-8-18)15-13-21-14-16-25(33-21)22-11-4-5-12-23(22)28(31)32/h1-17H,(H,27,30). The Labute approximate surface area is 189 Å². The largest absolute Gasteiger partial charge is 0.456 e. The molecule has 0 radical (unpaired) electrons. The molecule has 0 atom stereocenters. The van der Waals surface area contributed by atoms with E-state index in [2.05, 4.69) is 5.32 Å². The van der Waals surface area contributed by atoms with Gasteiger partial charge < -0.3 is 9.73 Å². The first-order chi connectivity index (χ1) is 16.0. The summed E-state index contributed by atoms with van der Waals surface area (Å²) in [5.41, 5.74) is 1.70. The Kier molecular flexibility index (Phi) is 6.22. The van der Waals surface area contributed by atoms with Gasteiger partial charge in [-0.3, -0.25) is 19.7 Å². The Morgan fingerprint density at radius 3 is 2.36 bits per heavy atom. The summed E-state index contributed by atoms with van der Waals surface area (Å²) in [5.74, 6) is 0.161. The summed E-state index contributed by atoms with van der Waals surface area (Å²) in [4.78, 5) is 35.7. The Morgan fingerprint density at radius 1 is 0.848 bits per heavy atom. The van der Waals surface area contributed by atoms with Gasteiger partial charge in [0.1, 0.15) is 11.5 Å². The highest BCUT2D eigenvalue weighted by atomic mass is 16.6. The van der Waals surface area contributed by atoms with E-state index in [0.717, 1.165) is 0 Å². The van der Waals surface area contributed by atoms with Gasteiger partial charge in [0.15, 0.2) is 5.78 Å². The van der Waals surface area contributed by atoms with Crippen LogP contribution in [0.5, 0.6) is 0 Å². The summed E-state index contributed by atoms with van der Waals surface area (Å²) in [5, 5.41) is 14.0. The van der Waals surface area contributed by atoms with Crippen molar-refractivity contribution in [2.24, 2.45) is 0 Å². The minimum Gasteiger partial charge on any atom is -0.456 e. The maximum absolute atomic E-state index is 12.6. The quantitative estimate of drug-likeness (QED) is 0.165. The maximum Gasteiger partial charge on any atom is 0.280 e. The number of anilines is 1. The third-order valence-electron chi connectivity index (χ3n) is 4.83. The first-order valence-corrected chi connectivity index (χ1v) is 10.0. The van der Waals surface area contributed by atoms with Crippen LogP contribution < -0.4 is 5.32 Å². The van der Waals surface area contributed by atoms with Gasteiger partial charge in [-0.2, -0.15) is 0 Å². The van der Waals surface area contributed by atoms with E-state index in [0.29, 0.717) is 33.9 Å². The highest BCUT2D eigenvalue weighted by Crippen LogP contribution is 2.31. The Balaban J connectivity index is 1.47. The second kappa shape index (κ2) is 9.57. The highest BCUT2D eigenvalue weighted by molar-refractivity contribution is 6.08. The number of amides is 1. The molecule has 4 rings (SSSR count). The number of carbonyl (C=O) groups is 2. The lowest BCUT2D eigenvalue weighted by Crippen LogP contribution is -2.12. The van der Waals surface area contributed by atoms with Crippen molar-refractivity contribution in [1.82, 2.24) is 0 Å². The fourth-order valence-corrected chi connectivity index (χ4v) is 3.23. The number of benzene rings is 3. The molecule has 7 heteroatoms. The van der Waals surface area contributed by atoms with Crippen LogP contribution in [0, 0.1) is 10.1 Å². The number of ketones is 1. The Morgan fingerprint density at radius 2 is 1.58 bits per heavy atom. The monoisotopic (exact) mass is 438 g/mol. The van der Waals surface area contributed by atoms with Gasteiger partial charge in [0.25, 0.3) is 11.6 Å². The summed E-state index contributed by atoms with van der Waals surface area (Å²) in [6.45, 7) is 0. The molecule has 33 heavy (non-hydrogen) atoms. The van der Waals surface area contributed by atoms with Crippen LogP contribution in [0.1, 0.15) is 26.5 Å². The lowest BCUT2D eigenvalue weighted by atomic mass is 10.1. The molecule has 4 aromatic rings. The number of hydrogen-bond donors (Lipinski definition) is 1. The van der Waals surface area contributed by atoms with Crippen LogP contribution >= 0.6 is 0 Å². The summed E-state index contributed by atoms with van der Waals surface area (Å²) in [7, 11) is 0. The van der Waals surface area contributed by atoms with Gasteiger partial charge in [-0.15, -0.1) is 0 Å². The zero-order valence-electron chi connectivity index (χ0n) is 17.3. The molecule has 0 saturated carbocycles. The van der Waals surface area contributed by atoms with Crippen LogP contribution in [-0.2, 0) is 0 Å². The third-order valence-corrected chi connectivity index (χ3v) is 4.83. The molecule has 0 unspecified atom stereocenters. The molecule has 0 bridgehead atoms. The topological polar surface area (TPSA) is 102 Å². The maximum atomic E-state index is 12.6. The van der Waals surface area contributed by atoms with Gasteiger partial charge in [-0.05, 0) is 54.6 Å². The van der Waals surface area contributed by atoms with E-state index in [-0.39, 0.29) is 17.4 Å². The average Bonchev–Trinajstić information content (AvgIpc) is 3.32. The second-order valence-corrected chi connectivity index (χ2v) is 7.07. The minimum absolute atomic E-state index is 0.0622. The molecule has 1 amide bonds. The van der Waals surface area contributed by atoms with Crippen LogP contribution in [0.15, 0.2) is 101 Å². The lowest BCUT2D eigenvalue weighted by Gasteiger charge is -2.06. The second-order valence-electron chi connectivity index (χ2n) is 7.07. The summed E-state index contributed by atoms with van der Waals surface area (Å²) in [6, 6.07) is 24.9. The number of carbonyl (C=O) groups excluding carboxylic acids is 2. The van der Waals surface area contributed by atoms with Crippen LogP contribution in [0.4, 0.5) is 11.4 Å². The van der Waals surface area contributed by atoms with Crippen molar-refractivity contribution in [2.75, 3.05) is 5.32 Å². The van der Waals surface area contributed by atoms with Crippen LogP contribution in [-0.4, -0.2) is 16.6 Å². The fourth-order valence-electron chi connectivity index (χ4n) is 3.23. The number of rotatable bonds is 7. The predicted octanol–water partition coefficient (Wildman–Crippen LogP) is 6.00. The summed E-state index contributed by atoms with van der Waals surface area (Å²) >= 11 is 0. The number of allylic oxidation sites excluding steroid dienone is 1. The van der Waals surface area contributed by atoms with E-state index in [9.17, 15) is 19.7 Å². The molecular formula is C26H18N2O5. The Bertz CT molecular complexity index is 1360. The number of nitrogens with one attached hydrogen (secondary N) is 1. The lowest BCUT2D eigenvalue weighted by molar-refractivity contribution is -0.384. The molecule has 0 fully saturated rings. The van der Waals surface area contributed by atoms with Gasteiger partial charge >= 0.3 is 0 Å². The molecule has 3 aromatic carbocycles. The van der Waals surface area contributed by atoms with Gasteiger partial charge in [0.2, 0.25) is 0 Å². The summed E-state index contributed by atoms with van der Waals surface area (Å²) < 4.78 is 5.67. The first kappa shape index (κ1) is 21.5. The number of nitrogens with zero attached hydrogens (tertiary/aromatic N) is 1. The number of nitro groups is 1. The van der Waals surface area contributed by atoms with Gasteiger partial charge in [-0.25, -0.2) is 0 Å². The molecule has 0 aliphatic carbocycles. The number of nitro benzene ring substituents is 1. The van der Waals surface area contributed by atoms with Crippen molar-refractivity contribution in [3.8, 4) is 11.3 Å². The molecule has 0 aliphatic heterocycles. The van der Waals surface area contributed by atoms with Crippen LogP contribution in [0.3, 0.4) is 0 Å². The molecule has 1 heterocycles. The summed E-state index contributed by atoms with van der Waals surface area (Å²) in [6.07, 6.45) is 2.84. The zero-order chi connectivity index (χ0) is 23.2. The van der Waals surface area contributed by atoms with Crippen molar-refractivity contribution < 1.29 is 18.9 Å². The van der Waals surface area contributed by atoms with Crippen molar-refractivity contribution in [3.05, 3.63) is 124 Å². The molecule has 7 nitrogen and oxygen atoms in total. The normalized spacial score (nSPS) is 10.8. The van der Waals surface area contributed by atoms with Crippen molar-refractivity contribution in [1.29, 1.82) is 0 Å². The van der Waals surface area contributed by atoms with E-state index < -0.39 is 4.92 Å². The molecule has 0 aliphatic rings. The van der Waals surface area contributed by atoms with E-state index >= 15 is 0 Å². The smallest absolute Gasteiger partial charge is 0.280 e. The third kappa shape index (κ3) is 5.11. The molecular weight excluding hydrogens is 420 g/mol. The number of hydrogen-bond acceptors (Lipinski definition) is 5. The molecule has 1 aromatic heterocycles. The van der Waals surface area contributed by atoms with Gasteiger partial charge in [0, 0.05) is 22.9 Å². The minimum atomic E-state index is -0.472. The van der Waals surface area contributed by atoms with Crippen LogP contribution in [0.25, 0.3) is 17.4 Å². The van der Waals surface area contributed by atoms with Crippen molar-refractivity contribution in [2.45, 2.75) is 0 Å². The molecule has 0 saturated heterocycles. The average molecular weight is 438 g/mol. The highest BCUT2D eigenvalue weighted by Gasteiger charge is 2.16. The van der Waals surface area contributed by atoms with Crippen molar-refractivity contribution >= 4 is 29.1 Å². The van der Waals surface area contributed by atoms with Crippen molar-refractivity contribution in [3.63, 3.8) is 0 Å². The number of furan rings is 1. The van der Waals surface area contributed by atoms with E-state index in [1.807, 2.05) is 6.07 Å². The number of para-hydroxylation sites is 1. The first-order valence-electron chi connectivity index (χ1n) is 10.0. The predicted molar refractivity (Wildman–Crippen MR) is 125 cm³/mol. The fraction of sp³-hybridized carbons (Fsp3) is 0. The SMILES string of the molecule is O=C(C=Cc1ccc(-c2ccccc2[N+](=O)[O-])o1)c1cccc(NC(=O)c2ccccc2)c1. The van der Waals surface area contributed by atoms with E-state index in [4.69, 9.17) is 4.42 Å². The van der Waals surface area contributed by atoms with E-state index in [1.165, 1.54) is 18.2 Å². The molecule has 1 N–H and O–H groups in total.